The van der Waals surface area contributed by atoms with Crippen LogP contribution in [0.4, 0.5) is 17.6 Å². The van der Waals surface area contributed by atoms with E-state index in [0.717, 1.165) is 29.5 Å². The number of rotatable bonds is 3. The van der Waals surface area contributed by atoms with E-state index in [0.29, 0.717) is 12.2 Å². The molecule has 0 atom stereocenters. The molecule has 0 aliphatic carbocycles. The molecule has 19 heavy (non-hydrogen) atoms. The average Bonchev–Trinajstić information content (AvgIpc) is 2.77. The van der Waals surface area contributed by atoms with Gasteiger partial charge in [0.2, 0.25) is 0 Å². The van der Waals surface area contributed by atoms with E-state index in [1.807, 2.05) is 0 Å². The van der Waals surface area contributed by atoms with Gasteiger partial charge in [-0.15, -0.1) is 11.3 Å². The zero-order valence-corrected chi connectivity index (χ0v) is 10.7. The van der Waals surface area contributed by atoms with E-state index in [1.165, 1.54) is 0 Å². The molecule has 0 spiro atoms. The lowest BCUT2D eigenvalue weighted by Crippen LogP contribution is -2.06. The molecule has 0 fully saturated rings. The van der Waals surface area contributed by atoms with Gasteiger partial charge in [-0.05, 0) is 25.2 Å². The van der Waals surface area contributed by atoms with Crippen molar-refractivity contribution < 1.29 is 17.6 Å². The SMILES string of the molecule is CNCc1csc(-c2cc(C(F)(F)F)ccc2F)n1. The van der Waals surface area contributed by atoms with Gasteiger partial charge in [0.05, 0.1) is 11.3 Å². The van der Waals surface area contributed by atoms with Gasteiger partial charge in [-0.25, -0.2) is 9.37 Å². The summed E-state index contributed by atoms with van der Waals surface area (Å²) in [7, 11) is 1.73. The smallest absolute Gasteiger partial charge is 0.314 e. The molecule has 0 radical (unpaired) electrons. The van der Waals surface area contributed by atoms with Crippen LogP contribution in [0.2, 0.25) is 0 Å². The van der Waals surface area contributed by atoms with E-state index in [9.17, 15) is 17.6 Å². The van der Waals surface area contributed by atoms with Crippen LogP contribution < -0.4 is 5.32 Å². The monoisotopic (exact) mass is 290 g/mol. The molecular formula is C12H10F4N2S. The van der Waals surface area contributed by atoms with E-state index in [1.54, 1.807) is 12.4 Å². The lowest BCUT2D eigenvalue weighted by molar-refractivity contribution is -0.137. The van der Waals surface area contributed by atoms with Crippen LogP contribution in [0.25, 0.3) is 10.6 Å². The van der Waals surface area contributed by atoms with Crippen LogP contribution in [0, 0.1) is 5.82 Å². The van der Waals surface area contributed by atoms with Gasteiger partial charge in [0.1, 0.15) is 10.8 Å². The minimum absolute atomic E-state index is 0.123. The van der Waals surface area contributed by atoms with Gasteiger partial charge in [0.25, 0.3) is 0 Å². The first-order valence-electron chi connectivity index (χ1n) is 5.38. The molecule has 7 heteroatoms. The summed E-state index contributed by atoms with van der Waals surface area (Å²) in [6.45, 7) is 0.483. The molecule has 0 amide bonds. The first kappa shape index (κ1) is 14.0. The van der Waals surface area contributed by atoms with Gasteiger partial charge in [-0.2, -0.15) is 13.2 Å². The Bertz CT molecular complexity index is 577. The van der Waals surface area contributed by atoms with Crippen molar-refractivity contribution in [3.8, 4) is 10.6 Å². The quantitative estimate of drug-likeness (QED) is 0.872. The Kier molecular flexibility index (Phi) is 3.86. The van der Waals surface area contributed by atoms with Crippen molar-refractivity contribution in [2.24, 2.45) is 0 Å². The number of nitrogens with one attached hydrogen (secondary N) is 1. The van der Waals surface area contributed by atoms with Crippen molar-refractivity contribution in [2.75, 3.05) is 7.05 Å². The summed E-state index contributed by atoms with van der Waals surface area (Å²) in [6.07, 6.45) is -4.49. The van der Waals surface area contributed by atoms with Gasteiger partial charge >= 0.3 is 6.18 Å². The largest absolute Gasteiger partial charge is 0.416 e. The first-order chi connectivity index (χ1) is 8.91. The van der Waals surface area contributed by atoms with Gasteiger partial charge in [-0.3, -0.25) is 0 Å². The summed E-state index contributed by atoms with van der Waals surface area (Å²) in [5, 5.41) is 4.80. The highest BCUT2D eigenvalue weighted by atomic mass is 32.1. The number of thiazole rings is 1. The molecule has 1 N–H and O–H groups in total. The number of halogens is 4. The van der Waals surface area contributed by atoms with E-state index >= 15 is 0 Å². The number of aromatic nitrogens is 1. The highest BCUT2D eigenvalue weighted by molar-refractivity contribution is 7.13. The first-order valence-corrected chi connectivity index (χ1v) is 6.26. The maximum atomic E-state index is 13.6. The zero-order chi connectivity index (χ0) is 14.0. The fraction of sp³-hybridized carbons (Fsp3) is 0.250. The Morgan fingerprint density at radius 2 is 2.05 bits per heavy atom. The predicted molar refractivity (Wildman–Crippen MR) is 65.3 cm³/mol. The maximum absolute atomic E-state index is 13.6. The number of nitrogens with zero attached hydrogens (tertiary/aromatic N) is 1. The van der Waals surface area contributed by atoms with Crippen molar-refractivity contribution in [1.82, 2.24) is 10.3 Å². The normalized spacial score (nSPS) is 11.8. The van der Waals surface area contributed by atoms with E-state index < -0.39 is 17.6 Å². The lowest BCUT2D eigenvalue weighted by atomic mass is 10.1. The van der Waals surface area contributed by atoms with Crippen molar-refractivity contribution in [3.63, 3.8) is 0 Å². The third kappa shape index (κ3) is 3.10. The number of hydrogen-bond acceptors (Lipinski definition) is 3. The number of alkyl halides is 3. The van der Waals surface area contributed by atoms with Gasteiger partial charge in [-0.1, -0.05) is 0 Å². The Hall–Kier alpha value is -1.47. The van der Waals surface area contributed by atoms with Crippen molar-refractivity contribution in [1.29, 1.82) is 0 Å². The van der Waals surface area contributed by atoms with Gasteiger partial charge < -0.3 is 5.32 Å². The van der Waals surface area contributed by atoms with Crippen LogP contribution >= 0.6 is 11.3 Å². The van der Waals surface area contributed by atoms with Gasteiger partial charge in [0.15, 0.2) is 0 Å². The highest BCUT2D eigenvalue weighted by Crippen LogP contribution is 2.34. The van der Waals surface area contributed by atoms with E-state index in [4.69, 9.17) is 0 Å². The predicted octanol–water partition coefficient (Wildman–Crippen LogP) is 3.69. The van der Waals surface area contributed by atoms with E-state index in [-0.39, 0.29) is 10.6 Å². The topological polar surface area (TPSA) is 24.9 Å². The summed E-state index contributed by atoms with van der Waals surface area (Å²) >= 11 is 1.12. The minimum Gasteiger partial charge on any atom is -0.314 e. The molecule has 0 bridgehead atoms. The molecule has 2 rings (SSSR count). The standard InChI is InChI=1S/C12H10F4N2S/c1-17-5-8-6-19-11(18-8)9-4-7(12(14,15)16)2-3-10(9)13/h2-4,6,17H,5H2,1H3. The van der Waals surface area contributed by atoms with Crippen molar-refractivity contribution in [3.05, 3.63) is 40.7 Å². The zero-order valence-electron chi connectivity index (χ0n) is 9.88. The fourth-order valence-electron chi connectivity index (χ4n) is 1.56. The molecule has 1 aromatic carbocycles. The molecule has 102 valence electrons. The maximum Gasteiger partial charge on any atom is 0.416 e. The van der Waals surface area contributed by atoms with Crippen LogP contribution in [0.3, 0.4) is 0 Å². The Labute approximate surface area is 111 Å². The highest BCUT2D eigenvalue weighted by Gasteiger charge is 2.31. The second kappa shape index (κ2) is 5.26. The van der Waals surface area contributed by atoms with Crippen LogP contribution in [0.15, 0.2) is 23.6 Å². The second-order valence-corrected chi connectivity index (χ2v) is 4.72. The Balaban J connectivity index is 2.42. The molecule has 1 aromatic heterocycles. The Morgan fingerprint density at radius 3 is 2.68 bits per heavy atom. The molecule has 0 aliphatic heterocycles. The average molecular weight is 290 g/mol. The van der Waals surface area contributed by atoms with Crippen LogP contribution in [0.1, 0.15) is 11.3 Å². The van der Waals surface area contributed by atoms with Crippen LogP contribution in [-0.2, 0) is 12.7 Å². The summed E-state index contributed by atoms with van der Waals surface area (Å²) < 4.78 is 51.4. The van der Waals surface area contributed by atoms with Crippen LogP contribution in [-0.4, -0.2) is 12.0 Å². The second-order valence-electron chi connectivity index (χ2n) is 3.87. The number of benzene rings is 1. The molecule has 0 saturated carbocycles. The van der Waals surface area contributed by atoms with Crippen molar-refractivity contribution in [2.45, 2.75) is 12.7 Å². The molecule has 0 saturated heterocycles. The Morgan fingerprint density at radius 1 is 1.32 bits per heavy atom. The molecule has 1 heterocycles. The minimum atomic E-state index is -4.49. The summed E-state index contributed by atoms with van der Waals surface area (Å²) in [6, 6.07) is 2.33. The fourth-order valence-corrected chi connectivity index (χ4v) is 2.40. The third-order valence-corrected chi connectivity index (χ3v) is 3.36. The van der Waals surface area contributed by atoms with Gasteiger partial charge in [0, 0.05) is 17.5 Å². The summed E-state index contributed by atoms with van der Waals surface area (Å²) in [4.78, 5) is 4.10. The summed E-state index contributed by atoms with van der Waals surface area (Å²) in [5.41, 5.74) is -0.337. The lowest BCUT2D eigenvalue weighted by Gasteiger charge is -2.08. The van der Waals surface area contributed by atoms with Crippen molar-refractivity contribution >= 4 is 11.3 Å². The molecule has 0 aliphatic rings. The molecule has 2 nitrogen and oxygen atoms in total. The molecule has 0 unspecified atom stereocenters. The third-order valence-electron chi connectivity index (χ3n) is 2.43. The molecular weight excluding hydrogens is 280 g/mol. The summed E-state index contributed by atoms with van der Waals surface area (Å²) in [5.74, 6) is -0.710. The van der Waals surface area contributed by atoms with E-state index in [2.05, 4.69) is 10.3 Å². The van der Waals surface area contributed by atoms with Crippen LogP contribution in [0.5, 0.6) is 0 Å². The molecule has 2 aromatic rings. The number of hydrogen-bond donors (Lipinski definition) is 1.